The molecule has 0 saturated heterocycles. The molecule has 20 heavy (non-hydrogen) atoms. The fourth-order valence-corrected chi connectivity index (χ4v) is 1.99. The van der Waals surface area contributed by atoms with Crippen LogP contribution in [-0.4, -0.2) is 22.2 Å². The lowest BCUT2D eigenvalue weighted by atomic mass is 10.1. The molecule has 2 aromatic rings. The van der Waals surface area contributed by atoms with Gasteiger partial charge in [0.05, 0.1) is 12.8 Å². The summed E-state index contributed by atoms with van der Waals surface area (Å²) in [5, 5.41) is 13.3. The highest BCUT2D eigenvalue weighted by Crippen LogP contribution is 2.28. The van der Waals surface area contributed by atoms with Crippen molar-refractivity contribution < 1.29 is 9.84 Å². The van der Waals surface area contributed by atoms with Gasteiger partial charge in [-0.3, -0.25) is 0 Å². The van der Waals surface area contributed by atoms with Crippen molar-refractivity contribution in [1.29, 1.82) is 0 Å². The summed E-state index contributed by atoms with van der Waals surface area (Å²) in [7, 11) is 1.58. The molecule has 2 N–H and O–H groups in total. The Hall–Kier alpha value is -2.14. The zero-order valence-electron chi connectivity index (χ0n) is 11.9. The first kappa shape index (κ1) is 14.3. The van der Waals surface area contributed by atoms with E-state index >= 15 is 0 Å². The predicted octanol–water partition coefficient (Wildman–Crippen LogP) is 2.35. The van der Waals surface area contributed by atoms with E-state index in [2.05, 4.69) is 15.3 Å². The number of rotatable bonds is 5. The summed E-state index contributed by atoms with van der Waals surface area (Å²) in [5.74, 6) is 1.62. The Kier molecular flexibility index (Phi) is 4.53. The molecule has 0 saturated carbocycles. The third-order valence-electron chi connectivity index (χ3n) is 3.13. The standard InChI is InChI=1S/C15H19N3O2/c1-10(14-5-4-13(20-3)8-15(14)19)17-9-12-6-7-16-11(2)18-12/h4-8,10,17,19H,9H2,1-3H3. The molecule has 1 atom stereocenters. The molecule has 0 aliphatic rings. The van der Waals surface area contributed by atoms with Crippen LogP contribution in [0, 0.1) is 6.92 Å². The molecule has 2 rings (SSSR count). The molecule has 0 aliphatic carbocycles. The van der Waals surface area contributed by atoms with Crippen molar-refractivity contribution in [3.63, 3.8) is 0 Å². The van der Waals surface area contributed by atoms with Crippen LogP contribution in [0.5, 0.6) is 11.5 Å². The second-order valence-electron chi connectivity index (χ2n) is 4.62. The second kappa shape index (κ2) is 6.34. The predicted molar refractivity (Wildman–Crippen MR) is 76.7 cm³/mol. The maximum absolute atomic E-state index is 9.99. The second-order valence-corrected chi connectivity index (χ2v) is 4.62. The van der Waals surface area contributed by atoms with Gasteiger partial charge < -0.3 is 15.2 Å². The van der Waals surface area contributed by atoms with Crippen molar-refractivity contribution in [3.05, 3.63) is 47.5 Å². The molecule has 5 heteroatoms. The number of methoxy groups -OCH3 is 1. The number of phenolic OH excluding ortho intramolecular Hbond substituents is 1. The Bertz CT molecular complexity index is 587. The molecule has 1 aromatic carbocycles. The number of benzene rings is 1. The fraction of sp³-hybridized carbons (Fsp3) is 0.333. The fourth-order valence-electron chi connectivity index (χ4n) is 1.99. The van der Waals surface area contributed by atoms with Gasteiger partial charge in [-0.05, 0) is 26.0 Å². The molecule has 0 bridgehead atoms. The number of phenols is 1. The van der Waals surface area contributed by atoms with Crippen LogP contribution in [-0.2, 0) is 6.54 Å². The average Bonchev–Trinajstić information content (AvgIpc) is 2.44. The molecule has 0 aliphatic heterocycles. The molecule has 0 radical (unpaired) electrons. The lowest BCUT2D eigenvalue weighted by Gasteiger charge is -2.16. The maximum Gasteiger partial charge on any atom is 0.125 e. The third kappa shape index (κ3) is 3.45. The summed E-state index contributed by atoms with van der Waals surface area (Å²) in [6, 6.07) is 7.19. The van der Waals surface area contributed by atoms with Crippen LogP contribution < -0.4 is 10.1 Å². The van der Waals surface area contributed by atoms with E-state index in [0.717, 1.165) is 17.1 Å². The lowest BCUT2D eigenvalue weighted by Crippen LogP contribution is -2.19. The number of ether oxygens (including phenoxy) is 1. The van der Waals surface area contributed by atoms with Gasteiger partial charge in [0.25, 0.3) is 0 Å². The van der Waals surface area contributed by atoms with Crippen molar-refractivity contribution in [3.8, 4) is 11.5 Å². The number of nitrogens with one attached hydrogen (secondary N) is 1. The largest absolute Gasteiger partial charge is 0.507 e. The van der Waals surface area contributed by atoms with Crippen LogP contribution >= 0.6 is 0 Å². The molecule has 1 unspecified atom stereocenters. The summed E-state index contributed by atoms with van der Waals surface area (Å²) in [5.41, 5.74) is 1.76. The van der Waals surface area contributed by atoms with E-state index in [0.29, 0.717) is 12.3 Å². The van der Waals surface area contributed by atoms with E-state index < -0.39 is 0 Å². The van der Waals surface area contributed by atoms with Gasteiger partial charge in [-0.2, -0.15) is 0 Å². The summed E-state index contributed by atoms with van der Waals surface area (Å²) >= 11 is 0. The molecule has 1 heterocycles. The van der Waals surface area contributed by atoms with Crippen LogP contribution in [0.2, 0.25) is 0 Å². The molecular formula is C15H19N3O2. The number of hydrogen-bond donors (Lipinski definition) is 2. The Balaban J connectivity index is 2.03. The normalized spacial score (nSPS) is 12.2. The highest BCUT2D eigenvalue weighted by Gasteiger charge is 2.11. The van der Waals surface area contributed by atoms with E-state index in [1.54, 1.807) is 19.4 Å². The maximum atomic E-state index is 9.99. The van der Waals surface area contributed by atoms with Crippen molar-refractivity contribution in [2.45, 2.75) is 26.4 Å². The van der Waals surface area contributed by atoms with Gasteiger partial charge in [-0.15, -0.1) is 0 Å². The van der Waals surface area contributed by atoms with Crippen LogP contribution in [0.25, 0.3) is 0 Å². The minimum absolute atomic E-state index is 0.0103. The van der Waals surface area contributed by atoms with Crippen molar-refractivity contribution >= 4 is 0 Å². The third-order valence-corrected chi connectivity index (χ3v) is 3.13. The van der Waals surface area contributed by atoms with E-state index in [1.165, 1.54) is 0 Å². The van der Waals surface area contributed by atoms with Gasteiger partial charge in [0.2, 0.25) is 0 Å². The molecule has 0 fully saturated rings. The minimum Gasteiger partial charge on any atom is -0.507 e. The highest BCUT2D eigenvalue weighted by molar-refractivity contribution is 5.41. The summed E-state index contributed by atoms with van der Waals surface area (Å²) in [4.78, 5) is 8.40. The van der Waals surface area contributed by atoms with Gasteiger partial charge in [0.15, 0.2) is 0 Å². The van der Waals surface area contributed by atoms with Crippen molar-refractivity contribution in [2.75, 3.05) is 7.11 Å². The first-order valence-electron chi connectivity index (χ1n) is 6.49. The monoisotopic (exact) mass is 273 g/mol. The summed E-state index contributed by atoms with van der Waals surface area (Å²) in [6.07, 6.45) is 1.74. The Morgan fingerprint density at radius 1 is 1.35 bits per heavy atom. The van der Waals surface area contributed by atoms with E-state index in [9.17, 15) is 5.11 Å². The highest BCUT2D eigenvalue weighted by atomic mass is 16.5. The van der Waals surface area contributed by atoms with Gasteiger partial charge >= 0.3 is 0 Å². The number of aryl methyl sites for hydroxylation is 1. The lowest BCUT2D eigenvalue weighted by molar-refractivity contribution is 0.404. The smallest absolute Gasteiger partial charge is 0.125 e. The summed E-state index contributed by atoms with van der Waals surface area (Å²) < 4.78 is 5.07. The Labute approximate surface area is 118 Å². The number of aromatic nitrogens is 2. The molecular weight excluding hydrogens is 254 g/mol. The quantitative estimate of drug-likeness (QED) is 0.875. The van der Waals surface area contributed by atoms with E-state index in [4.69, 9.17) is 4.74 Å². The van der Waals surface area contributed by atoms with Crippen LogP contribution in [0.4, 0.5) is 0 Å². The zero-order valence-corrected chi connectivity index (χ0v) is 11.9. The topological polar surface area (TPSA) is 67.3 Å². The molecule has 0 spiro atoms. The number of hydrogen-bond acceptors (Lipinski definition) is 5. The van der Waals surface area contributed by atoms with Crippen LogP contribution in [0.15, 0.2) is 30.5 Å². The van der Waals surface area contributed by atoms with Gasteiger partial charge in [0, 0.05) is 30.4 Å². The van der Waals surface area contributed by atoms with E-state index in [1.807, 2.05) is 32.0 Å². The first-order valence-corrected chi connectivity index (χ1v) is 6.49. The Morgan fingerprint density at radius 2 is 2.15 bits per heavy atom. The van der Waals surface area contributed by atoms with Crippen molar-refractivity contribution in [2.24, 2.45) is 0 Å². The molecule has 106 valence electrons. The number of nitrogens with zero attached hydrogens (tertiary/aromatic N) is 2. The van der Waals surface area contributed by atoms with Crippen LogP contribution in [0.3, 0.4) is 0 Å². The van der Waals surface area contributed by atoms with Gasteiger partial charge in [0.1, 0.15) is 17.3 Å². The zero-order chi connectivity index (χ0) is 14.5. The molecule has 5 nitrogen and oxygen atoms in total. The summed E-state index contributed by atoms with van der Waals surface area (Å²) in [6.45, 7) is 4.48. The van der Waals surface area contributed by atoms with Gasteiger partial charge in [-0.1, -0.05) is 6.07 Å². The molecule has 1 aromatic heterocycles. The minimum atomic E-state index is 0.0103. The van der Waals surface area contributed by atoms with Gasteiger partial charge in [-0.25, -0.2) is 9.97 Å². The van der Waals surface area contributed by atoms with Crippen LogP contribution in [0.1, 0.15) is 30.0 Å². The SMILES string of the molecule is COc1ccc(C(C)NCc2ccnc(C)n2)c(O)c1. The average molecular weight is 273 g/mol. The Morgan fingerprint density at radius 3 is 2.80 bits per heavy atom. The van der Waals surface area contributed by atoms with E-state index in [-0.39, 0.29) is 11.8 Å². The molecule has 0 amide bonds. The van der Waals surface area contributed by atoms with Crippen molar-refractivity contribution in [1.82, 2.24) is 15.3 Å². The number of aromatic hydroxyl groups is 1. The first-order chi connectivity index (χ1) is 9.60.